The Labute approximate surface area is 157 Å². The van der Waals surface area contributed by atoms with Gasteiger partial charge >= 0.3 is 0 Å². The number of hydrogen-bond acceptors (Lipinski definition) is 2. The summed E-state index contributed by atoms with van der Waals surface area (Å²) < 4.78 is 0. The number of guanidine groups is 1. The van der Waals surface area contributed by atoms with E-state index in [-0.39, 0.29) is 5.91 Å². The molecule has 1 spiro atoms. The largest absolute Gasteiger partial charge is 0.352 e. The van der Waals surface area contributed by atoms with Gasteiger partial charge in [-0.3, -0.25) is 9.79 Å². The number of carbonyl (C=O) groups excluding carboxylic acids is 1. The second-order valence-corrected chi connectivity index (χ2v) is 7.74. The summed E-state index contributed by atoms with van der Waals surface area (Å²) in [5.41, 5.74) is 2.36. The zero-order valence-electron chi connectivity index (χ0n) is 16.2. The Hall–Kier alpha value is -2.04. The molecular formula is C21H32N4O. The van der Waals surface area contributed by atoms with Gasteiger partial charge in [0.1, 0.15) is 0 Å². The zero-order chi connectivity index (χ0) is 18.4. The minimum atomic E-state index is 0.000741. The van der Waals surface area contributed by atoms with Crippen molar-refractivity contribution in [3.8, 4) is 0 Å². The molecule has 142 valence electrons. The van der Waals surface area contributed by atoms with Gasteiger partial charge < -0.3 is 15.5 Å². The van der Waals surface area contributed by atoms with E-state index in [9.17, 15) is 4.79 Å². The van der Waals surface area contributed by atoms with Crippen molar-refractivity contribution >= 4 is 11.9 Å². The molecule has 5 heteroatoms. The van der Waals surface area contributed by atoms with E-state index in [1.54, 1.807) is 0 Å². The number of likely N-dealkylation sites (tertiary alicyclic amines) is 1. The Morgan fingerprint density at radius 3 is 2.77 bits per heavy atom. The van der Waals surface area contributed by atoms with Crippen LogP contribution in [0.15, 0.2) is 29.3 Å². The van der Waals surface area contributed by atoms with Crippen LogP contribution in [-0.2, 0) is 6.54 Å². The third-order valence-electron chi connectivity index (χ3n) is 5.79. The van der Waals surface area contributed by atoms with Gasteiger partial charge in [0.25, 0.3) is 5.91 Å². The summed E-state index contributed by atoms with van der Waals surface area (Å²) >= 11 is 0. The number of nitrogens with one attached hydrogen (secondary N) is 2. The van der Waals surface area contributed by atoms with Crippen molar-refractivity contribution < 1.29 is 4.79 Å². The molecule has 0 unspecified atom stereocenters. The van der Waals surface area contributed by atoms with E-state index in [1.807, 2.05) is 25.2 Å². The molecule has 1 amide bonds. The number of benzene rings is 1. The molecule has 1 heterocycles. The minimum absolute atomic E-state index is 0.000741. The second-order valence-electron chi connectivity index (χ2n) is 7.74. The fraction of sp³-hybridized carbons (Fsp3) is 0.619. The van der Waals surface area contributed by atoms with Crippen LogP contribution in [0.2, 0.25) is 0 Å². The SMILES string of the molecule is CCCNC(=O)c1cccc(CNC(=NC)N2CCC3(CCCC3)C2)c1. The number of amides is 1. The number of nitrogens with zero attached hydrogens (tertiary/aromatic N) is 2. The summed E-state index contributed by atoms with van der Waals surface area (Å²) in [7, 11) is 1.86. The lowest BCUT2D eigenvalue weighted by atomic mass is 9.86. The van der Waals surface area contributed by atoms with Crippen molar-refractivity contribution in [1.29, 1.82) is 0 Å². The van der Waals surface area contributed by atoms with Crippen LogP contribution in [0.4, 0.5) is 0 Å². The fourth-order valence-electron chi connectivity index (χ4n) is 4.33. The topological polar surface area (TPSA) is 56.7 Å². The van der Waals surface area contributed by atoms with Gasteiger partial charge in [-0.15, -0.1) is 0 Å². The first-order chi connectivity index (χ1) is 12.7. The molecule has 0 atom stereocenters. The highest BCUT2D eigenvalue weighted by atomic mass is 16.1. The molecule has 0 bridgehead atoms. The molecule has 2 aliphatic rings. The zero-order valence-corrected chi connectivity index (χ0v) is 16.2. The van der Waals surface area contributed by atoms with Gasteiger partial charge in [-0.05, 0) is 48.8 Å². The summed E-state index contributed by atoms with van der Waals surface area (Å²) in [5, 5.41) is 6.42. The van der Waals surface area contributed by atoms with E-state index in [0.29, 0.717) is 18.5 Å². The molecule has 1 aromatic rings. The van der Waals surface area contributed by atoms with Gasteiger partial charge in [0.05, 0.1) is 0 Å². The second kappa shape index (κ2) is 8.56. The monoisotopic (exact) mass is 356 g/mol. The van der Waals surface area contributed by atoms with Crippen LogP contribution >= 0.6 is 0 Å². The van der Waals surface area contributed by atoms with Crippen LogP contribution in [0.25, 0.3) is 0 Å². The smallest absolute Gasteiger partial charge is 0.251 e. The van der Waals surface area contributed by atoms with Crippen molar-refractivity contribution in [2.24, 2.45) is 10.4 Å². The van der Waals surface area contributed by atoms with Crippen LogP contribution in [0.3, 0.4) is 0 Å². The van der Waals surface area contributed by atoms with E-state index in [4.69, 9.17) is 0 Å². The molecule has 0 radical (unpaired) electrons. The van der Waals surface area contributed by atoms with Gasteiger partial charge in [0.15, 0.2) is 5.96 Å². The molecule has 2 fully saturated rings. The molecule has 1 saturated carbocycles. The lowest BCUT2D eigenvalue weighted by molar-refractivity contribution is 0.0953. The maximum atomic E-state index is 12.1. The lowest BCUT2D eigenvalue weighted by Gasteiger charge is -2.26. The minimum Gasteiger partial charge on any atom is -0.352 e. The lowest BCUT2D eigenvalue weighted by Crippen LogP contribution is -2.40. The van der Waals surface area contributed by atoms with E-state index in [1.165, 1.54) is 32.1 Å². The van der Waals surface area contributed by atoms with Gasteiger partial charge in [-0.2, -0.15) is 0 Å². The first-order valence-electron chi connectivity index (χ1n) is 9.98. The van der Waals surface area contributed by atoms with Crippen LogP contribution in [-0.4, -0.2) is 43.4 Å². The summed E-state index contributed by atoms with van der Waals surface area (Å²) in [5.74, 6) is 0.982. The quantitative estimate of drug-likeness (QED) is 0.629. The molecule has 1 saturated heterocycles. The molecule has 26 heavy (non-hydrogen) atoms. The maximum Gasteiger partial charge on any atom is 0.251 e. The average Bonchev–Trinajstić information content (AvgIpc) is 3.30. The predicted molar refractivity (Wildman–Crippen MR) is 106 cm³/mol. The number of aliphatic imine (C=N–C) groups is 1. The van der Waals surface area contributed by atoms with Crippen molar-refractivity contribution in [3.05, 3.63) is 35.4 Å². The van der Waals surface area contributed by atoms with Crippen molar-refractivity contribution in [3.63, 3.8) is 0 Å². The van der Waals surface area contributed by atoms with E-state index in [0.717, 1.165) is 36.6 Å². The van der Waals surface area contributed by atoms with E-state index >= 15 is 0 Å². The highest BCUT2D eigenvalue weighted by molar-refractivity contribution is 5.94. The molecule has 1 aliphatic carbocycles. The maximum absolute atomic E-state index is 12.1. The number of rotatable bonds is 5. The van der Waals surface area contributed by atoms with Gasteiger partial charge in [0.2, 0.25) is 0 Å². The van der Waals surface area contributed by atoms with E-state index in [2.05, 4.69) is 33.5 Å². The molecule has 2 N–H and O–H groups in total. The van der Waals surface area contributed by atoms with Crippen molar-refractivity contribution in [2.45, 2.75) is 52.0 Å². The normalized spacial score (nSPS) is 19.2. The standard InChI is InChI=1S/C21H32N4O/c1-3-12-23-19(26)18-8-6-7-17(14-18)15-24-20(22-2)25-13-11-21(16-25)9-4-5-10-21/h6-8,14H,3-5,9-13,15-16H2,1-2H3,(H,22,24)(H,23,26). The third kappa shape index (κ3) is 4.37. The number of hydrogen-bond donors (Lipinski definition) is 2. The van der Waals surface area contributed by atoms with Crippen molar-refractivity contribution in [1.82, 2.24) is 15.5 Å². The molecule has 1 aromatic carbocycles. The molecule has 0 aromatic heterocycles. The Balaban J connectivity index is 1.56. The third-order valence-corrected chi connectivity index (χ3v) is 5.79. The highest BCUT2D eigenvalue weighted by Gasteiger charge is 2.41. The van der Waals surface area contributed by atoms with Crippen LogP contribution < -0.4 is 10.6 Å². The summed E-state index contributed by atoms with van der Waals surface area (Å²) in [4.78, 5) is 19.0. The Morgan fingerprint density at radius 2 is 2.04 bits per heavy atom. The molecular weight excluding hydrogens is 324 g/mol. The molecule has 3 rings (SSSR count). The Bertz CT molecular complexity index is 649. The van der Waals surface area contributed by atoms with Gasteiger partial charge in [-0.25, -0.2) is 0 Å². The first kappa shape index (κ1) is 18.7. The first-order valence-corrected chi connectivity index (χ1v) is 9.98. The van der Waals surface area contributed by atoms with Crippen LogP contribution in [0, 0.1) is 5.41 Å². The fourth-order valence-corrected chi connectivity index (χ4v) is 4.33. The summed E-state index contributed by atoms with van der Waals surface area (Å²) in [6.07, 6.45) is 7.74. The average molecular weight is 357 g/mol. The van der Waals surface area contributed by atoms with Gasteiger partial charge in [-0.1, -0.05) is 31.9 Å². The van der Waals surface area contributed by atoms with Crippen LogP contribution in [0.1, 0.15) is 61.4 Å². The van der Waals surface area contributed by atoms with Crippen molar-refractivity contribution in [2.75, 3.05) is 26.7 Å². The Morgan fingerprint density at radius 1 is 1.23 bits per heavy atom. The molecule has 1 aliphatic heterocycles. The van der Waals surface area contributed by atoms with Crippen LogP contribution in [0.5, 0.6) is 0 Å². The number of carbonyl (C=O) groups is 1. The summed E-state index contributed by atoms with van der Waals surface area (Å²) in [6.45, 7) is 5.68. The Kier molecular flexibility index (Phi) is 6.17. The summed E-state index contributed by atoms with van der Waals surface area (Å²) in [6, 6.07) is 7.84. The predicted octanol–water partition coefficient (Wildman–Crippen LogP) is 3.17. The van der Waals surface area contributed by atoms with Gasteiger partial charge in [0, 0.05) is 38.8 Å². The van der Waals surface area contributed by atoms with E-state index < -0.39 is 0 Å². The molecule has 5 nitrogen and oxygen atoms in total. The highest BCUT2D eigenvalue weighted by Crippen LogP contribution is 2.45.